The SMILES string of the molecule is O=C(Cc1nc(CCl)cs1)NCc1cc(Br)cs1. The summed E-state index contributed by atoms with van der Waals surface area (Å²) in [7, 11) is 0. The molecular weight excluding hydrogens is 356 g/mol. The van der Waals surface area contributed by atoms with E-state index in [1.807, 2.05) is 16.8 Å². The summed E-state index contributed by atoms with van der Waals surface area (Å²) in [5, 5.41) is 7.55. The van der Waals surface area contributed by atoms with Gasteiger partial charge in [-0.05, 0) is 22.0 Å². The molecule has 2 aromatic heterocycles. The number of thiazole rings is 1. The molecule has 0 bridgehead atoms. The van der Waals surface area contributed by atoms with Crippen LogP contribution in [0.2, 0.25) is 0 Å². The molecule has 0 atom stereocenters. The number of aromatic nitrogens is 1. The third-order valence-corrected chi connectivity index (χ3v) is 5.00. The van der Waals surface area contributed by atoms with Crippen molar-refractivity contribution in [3.05, 3.63) is 36.9 Å². The van der Waals surface area contributed by atoms with Gasteiger partial charge in [-0.3, -0.25) is 4.79 Å². The summed E-state index contributed by atoms with van der Waals surface area (Å²) in [6, 6.07) is 2.00. The van der Waals surface area contributed by atoms with Gasteiger partial charge in [0.25, 0.3) is 0 Å². The number of nitrogens with zero attached hydrogens (tertiary/aromatic N) is 1. The molecule has 0 unspecified atom stereocenters. The van der Waals surface area contributed by atoms with E-state index in [-0.39, 0.29) is 5.91 Å². The van der Waals surface area contributed by atoms with Gasteiger partial charge in [-0.15, -0.1) is 34.3 Å². The highest BCUT2D eigenvalue weighted by atomic mass is 79.9. The minimum absolute atomic E-state index is 0.0185. The number of hydrogen-bond donors (Lipinski definition) is 1. The van der Waals surface area contributed by atoms with Crippen LogP contribution in [-0.2, 0) is 23.6 Å². The van der Waals surface area contributed by atoms with Crippen LogP contribution in [0.15, 0.2) is 21.3 Å². The summed E-state index contributed by atoms with van der Waals surface area (Å²) in [5.74, 6) is 0.372. The van der Waals surface area contributed by atoms with Gasteiger partial charge in [0.2, 0.25) is 5.91 Å². The lowest BCUT2D eigenvalue weighted by molar-refractivity contribution is -0.120. The molecular formula is C11H10BrClN2OS2. The largest absolute Gasteiger partial charge is 0.351 e. The quantitative estimate of drug-likeness (QED) is 0.823. The van der Waals surface area contributed by atoms with Crippen molar-refractivity contribution in [3.8, 4) is 0 Å². The molecule has 0 fully saturated rings. The van der Waals surface area contributed by atoms with Crippen molar-refractivity contribution in [2.45, 2.75) is 18.8 Å². The molecule has 0 aliphatic carbocycles. The standard InChI is InChI=1S/C11H10BrClN2OS2/c12-7-1-9(17-5-7)4-14-10(16)2-11-15-8(3-13)6-18-11/h1,5-6H,2-4H2,(H,14,16). The molecule has 2 rings (SSSR count). The fourth-order valence-electron chi connectivity index (χ4n) is 1.32. The number of thiophene rings is 1. The lowest BCUT2D eigenvalue weighted by atomic mass is 10.4. The molecule has 1 amide bonds. The van der Waals surface area contributed by atoms with E-state index in [0.29, 0.717) is 18.8 Å². The van der Waals surface area contributed by atoms with Crippen molar-refractivity contribution in [2.75, 3.05) is 0 Å². The Kier molecular flexibility index (Phi) is 5.17. The van der Waals surface area contributed by atoms with Gasteiger partial charge in [-0.1, -0.05) is 0 Å². The summed E-state index contributed by atoms with van der Waals surface area (Å²) in [4.78, 5) is 17.1. The predicted molar refractivity (Wildman–Crippen MR) is 79.2 cm³/mol. The van der Waals surface area contributed by atoms with Crippen molar-refractivity contribution >= 4 is 56.1 Å². The fourth-order valence-corrected chi connectivity index (χ4v) is 3.74. The number of rotatable bonds is 5. The Hall–Kier alpha value is -0.430. The third-order valence-electron chi connectivity index (χ3n) is 2.13. The van der Waals surface area contributed by atoms with Gasteiger partial charge >= 0.3 is 0 Å². The smallest absolute Gasteiger partial charge is 0.227 e. The second-order valence-corrected chi connectivity index (χ2v) is 6.67. The Morgan fingerprint density at radius 3 is 2.89 bits per heavy atom. The Morgan fingerprint density at radius 2 is 2.28 bits per heavy atom. The van der Waals surface area contributed by atoms with E-state index < -0.39 is 0 Å². The Labute approximate surface area is 126 Å². The van der Waals surface area contributed by atoms with E-state index in [1.165, 1.54) is 11.3 Å². The maximum Gasteiger partial charge on any atom is 0.227 e. The highest BCUT2D eigenvalue weighted by Crippen LogP contribution is 2.19. The van der Waals surface area contributed by atoms with Crippen LogP contribution >= 0.6 is 50.2 Å². The molecule has 96 valence electrons. The van der Waals surface area contributed by atoms with E-state index >= 15 is 0 Å². The summed E-state index contributed by atoms with van der Waals surface area (Å²) >= 11 is 12.1. The molecule has 3 nitrogen and oxygen atoms in total. The Morgan fingerprint density at radius 1 is 1.44 bits per heavy atom. The second-order valence-electron chi connectivity index (χ2n) is 3.55. The minimum Gasteiger partial charge on any atom is -0.351 e. The number of carbonyl (C=O) groups is 1. The zero-order valence-corrected chi connectivity index (χ0v) is 13.3. The molecule has 0 aliphatic rings. The van der Waals surface area contributed by atoms with E-state index in [1.54, 1.807) is 11.3 Å². The van der Waals surface area contributed by atoms with E-state index in [2.05, 4.69) is 26.2 Å². The summed E-state index contributed by atoms with van der Waals surface area (Å²) < 4.78 is 1.04. The molecule has 0 aliphatic heterocycles. The maximum absolute atomic E-state index is 11.7. The fraction of sp³-hybridized carbons (Fsp3) is 0.273. The zero-order valence-electron chi connectivity index (χ0n) is 9.28. The van der Waals surface area contributed by atoms with Crippen LogP contribution < -0.4 is 5.32 Å². The van der Waals surface area contributed by atoms with E-state index in [0.717, 1.165) is 20.1 Å². The first kappa shape index (κ1) is 14.0. The zero-order chi connectivity index (χ0) is 13.0. The second kappa shape index (κ2) is 6.65. The molecule has 0 spiro atoms. The maximum atomic E-state index is 11.7. The van der Waals surface area contributed by atoms with Crippen molar-refractivity contribution in [2.24, 2.45) is 0 Å². The monoisotopic (exact) mass is 364 g/mol. The van der Waals surface area contributed by atoms with Crippen LogP contribution in [0.3, 0.4) is 0 Å². The number of carbonyl (C=O) groups excluding carboxylic acids is 1. The van der Waals surface area contributed by atoms with Crippen molar-refractivity contribution in [1.82, 2.24) is 10.3 Å². The average Bonchev–Trinajstić information content (AvgIpc) is 2.95. The van der Waals surface area contributed by atoms with Crippen LogP contribution in [0.4, 0.5) is 0 Å². The Balaban J connectivity index is 1.81. The lowest BCUT2D eigenvalue weighted by Gasteiger charge is -2.01. The molecule has 0 aromatic carbocycles. The average molecular weight is 366 g/mol. The third kappa shape index (κ3) is 4.05. The van der Waals surface area contributed by atoms with Gasteiger partial charge in [-0.25, -0.2) is 4.98 Å². The van der Waals surface area contributed by atoms with Crippen LogP contribution in [0, 0.1) is 0 Å². The summed E-state index contributed by atoms with van der Waals surface area (Å²) in [5.41, 5.74) is 0.826. The number of amides is 1. The van der Waals surface area contributed by atoms with Crippen LogP contribution in [0.25, 0.3) is 0 Å². The number of halogens is 2. The van der Waals surface area contributed by atoms with E-state index in [9.17, 15) is 4.79 Å². The van der Waals surface area contributed by atoms with Gasteiger partial charge in [0, 0.05) is 20.1 Å². The van der Waals surface area contributed by atoms with E-state index in [4.69, 9.17) is 11.6 Å². The highest BCUT2D eigenvalue weighted by molar-refractivity contribution is 9.10. The molecule has 0 saturated carbocycles. The molecule has 1 N–H and O–H groups in total. The number of hydrogen-bond acceptors (Lipinski definition) is 4. The van der Waals surface area contributed by atoms with Crippen LogP contribution in [-0.4, -0.2) is 10.9 Å². The van der Waals surface area contributed by atoms with Crippen molar-refractivity contribution < 1.29 is 4.79 Å². The number of alkyl halides is 1. The molecule has 0 radical (unpaired) electrons. The summed E-state index contributed by atoms with van der Waals surface area (Å²) in [6.07, 6.45) is 0.314. The minimum atomic E-state index is -0.0185. The van der Waals surface area contributed by atoms with Gasteiger partial charge in [0.05, 0.1) is 24.5 Å². The first-order valence-electron chi connectivity index (χ1n) is 5.16. The van der Waals surface area contributed by atoms with Crippen LogP contribution in [0.5, 0.6) is 0 Å². The highest BCUT2D eigenvalue weighted by Gasteiger charge is 2.08. The van der Waals surface area contributed by atoms with Gasteiger partial charge in [0.1, 0.15) is 5.01 Å². The molecule has 2 heterocycles. The lowest BCUT2D eigenvalue weighted by Crippen LogP contribution is -2.24. The topological polar surface area (TPSA) is 42.0 Å². The van der Waals surface area contributed by atoms with Crippen LogP contribution in [0.1, 0.15) is 15.6 Å². The van der Waals surface area contributed by atoms with Crippen molar-refractivity contribution in [3.63, 3.8) is 0 Å². The Bertz CT molecular complexity index is 541. The summed E-state index contributed by atoms with van der Waals surface area (Å²) in [6.45, 7) is 0.558. The first-order chi connectivity index (χ1) is 8.67. The first-order valence-corrected chi connectivity index (χ1v) is 8.25. The molecule has 2 aromatic rings. The van der Waals surface area contributed by atoms with Gasteiger partial charge in [0.15, 0.2) is 0 Å². The molecule has 7 heteroatoms. The van der Waals surface area contributed by atoms with Gasteiger partial charge in [-0.2, -0.15) is 0 Å². The normalized spacial score (nSPS) is 10.6. The number of nitrogens with one attached hydrogen (secondary N) is 1. The molecule has 18 heavy (non-hydrogen) atoms. The van der Waals surface area contributed by atoms with Gasteiger partial charge < -0.3 is 5.32 Å². The predicted octanol–water partition coefficient (Wildman–Crippen LogP) is 3.56. The molecule has 0 saturated heterocycles. The van der Waals surface area contributed by atoms with Crippen molar-refractivity contribution in [1.29, 1.82) is 0 Å².